The zero-order valence-corrected chi connectivity index (χ0v) is 15.7. The lowest BCUT2D eigenvalue weighted by molar-refractivity contribution is -0.385. The van der Waals surface area contributed by atoms with Crippen LogP contribution < -0.4 is 14.9 Å². The maximum atomic E-state index is 13.0. The van der Waals surface area contributed by atoms with Gasteiger partial charge in [0.15, 0.2) is 11.5 Å². The summed E-state index contributed by atoms with van der Waals surface area (Å²) in [6, 6.07) is 9.37. The van der Waals surface area contributed by atoms with Gasteiger partial charge in [-0.15, -0.1) is 0 Å². The van der Waals surface area contributed by atoms with Crippen molar-refractivity contribution >= 4 is 16.7 Å². The summed E-state index contributed by atoms with van der Waals surface area (Å²) in [5, 5.41) is 20.8. The number of nitrogens with zero attached hydrogens (tertiary/aromatic N) is 1. The van der Waals surface area contributed by atoms with Crippen molar-refractivity contribution in [2.24, 2.45) is 0 Å². The molecule has 8 nitrogen and oxygen atoms in total. The van der Waals surface area contributed by atoms with Gasteiger partial charge in [-0.25, -0.2) is 0 Å². The Morgan fingerprint density at radius 3 is 2.62 bits per heavy atom. The molecule has 8 heteroatoms. The van der Waals surface area contributed by atoms with Crippen molar-refractivity contribution in [1.29, 1.82) is 0 Å². The molecule has 29 heavy (non-hydrogen) atoms. The molecule has 0 saturated heterocycles. The fourth-order valence-electron chi connectivity index (χ4n) is 2.88. The summed E-state index contributed by atoms with van der Waals surface area (Å²) in [6.45, 7) is -0.164. The Morgan fingerprint density at radius 2 is 1.97 bits per heavy atom. The van der Waals surface area contributed by atoms with Gasteiger partial charge >= 0.3 is 5.69 Å². The molecule has 1 aromatic heterocycles. The van der Waals surface area contributed by atoms with Gasteiger partial charge in [0, 0.05) is 18.1 Å². The topological polar surface area (TPSA) is 112 Å². The third-order valence-electron chi connectivity index (χ3n) is 4.17. The summed E-state index contributed by atoms with van der Waals surface area (Å²) >= 11 is 0. The zero-order valence-electron chi connectivity index (χ0n) is 15.7. The standard InChI is InChI=1S/C21H17NO7/c1-27-18-12-13(11-16(22(25)26)21(18)28-2)20-15(8-5-6-10-23)19(24)14-7-3-4-9-17(14)29-20/h3-4,7,9,11-12,23H,6,10H2,1-2H3. The summed E-state index contributed by atoms with van der Waals surface area (Å²) in [4.78, 5) is 23.9. The quantitative estimate of drug-likeness (QED) is 0.401. The number of nitro groups is 1. The normalized spacial score (nSPS) is 10.3. The largest absolute Gasteiger partial charge is 0.493 e. The average molecular weight is 395 g/mol. The molecule has 148 valence electrons. The second-order valence-electron chi connectivity index (χ2n) is 5.89. The highest BCUT2D eigenvalue weighted by Crippen LogP contribution is 2.41. The van der Waals surface area contributed by atoms with Crippen molar-refractivity contribution < 1.29 is 23.9 Å². The summed E-state index contributed by atoms with van der Waals surface area (Å²) in [5.41, 5.74) is -0.113. The molecule has 0 aliphatic heterocycles. The van der Waals surface area contributed by atoms with Crippen LogP contribution in [-0.4, -0.2) is 30.9 Å². The first-order chi connectivity index (χ1) is 14.0. The SMILES string of the molecule is COc1cc(-c2oc3ccccc3c(=O)c2C#CCCO)cc([N+](=O)[O-])c1OC. The molecule has 0 spiro atoms. The number of ether oxygens (including phenoxy) is 2. The Morgan fingerprint density at radius 1 is 1.21 bits per heavy atom. The number of aliphatic hydroxyl groups is 1. The van der Waals surface area contributed by atoms with Crippen LogP contribution in [0, 0.1) is 22.0 Å². The molecule has 3 rings (SSSR count). The smallest absolute Gasteiger partial charge is 0.315 e. The van der Waals surface area contributed by atoms with Crippen LogP contribution in [0.4, 0.5) is 5.69 Å². The van der Waals surface area contributed by atoms with Gasteiger partial charge in [-0.05, 0) is 18.2 Å². The maximum absolute atomic E-state index is 13.0. The molecule has 1 N–H and O–H groups in total. The predicted molar refractivity (Wildman–Crippen MR) is 106 cm³/mol. The van der Waals surface area contributed by atoms with Crippen LogP contribution in [0.2, 0.25) is 0 Å². The van der Waals surface area contributed by atoms with Gasteiger partial charge < -0.3 is 19.0 Å². The molecule has 3 aromatic rings. The Kier molecular flexibility index (Phi) is 5.81. The van der Waals surface area contributed by atoms with Crippen LogP contribution in [0.25, 0.3) is 22.3 Å². The van der Waals surface area contributed by atoms with E-state index in [-0.39, 0.29) is 52.5 Å². The van der Waals surface area contributed by atoms with E-state index in [4.69, 9.17) is 19.0 Å². The lowest BCUT2D eigenvalue weighted by atomic mass is 10.0. The Labute approximate surface area is 165 Å². The van der Waals surface area contributed by atoms with E-state index in [1.165, 1.54) is 26.4 Å². The number of para-hydroxylation sites is 1. The Bertz CT molecular complexity index is 1200. The Hall–Kier alpha value is -3.83. The highest BCUT2D eigenvalue weighted by Gasteiger charge is 2.25. The van der Waals surface area contributed by atoms with Gasteiger partial charge in [0.1, 0.15) is 11.1 Å². The summed E-state index contributed by atoms with van der Waals surface area (Å²) in [6.07, 6.45) is 0.164. The molecule has 0 saturated carbocycles. The van der Waals surface area contributed by atoms with Crippen molar-refractivity contribution in [3.63, 3.8) is 0 Å². The van der Waals surface area contributed by atoms with Crippen LogP contribution in [0.1, 0.15) is 12.0 Å². The molecule has 0 unspecified atom stereocenters. The minimum atomic E-state index is -0.610. The predicted octanol–water partition coefficient (Wildman–Crippen LogP) is 3.12. The van der Waals surface area contributed by atoms with Crippen molar-refractivity contribution in [3.8, 4) is 34.7 Å². The minimum Gasteiger partial charge on any atom is -0.493 e. The van der Waals surface area contributed by atoms with E-state index in [0.29, 0.717) is 11.0 Å². The Balaban J connectivity index is 2.38. The first-order valence-electron chi connectivity index (χ1n) is 8.58. The van der Waals surface area contributed by atoms with Gasteiger partial charge in [-0.3, -0.25) is 14.9 Å². The second kappa shape index (κ2) is 8.46. The zero-order chi connectivity index (χ0) is 21.0. The molecular formula is C21H17NO7. The maximum Gasteiger partial charge on any atom is 0.315 e. The summed E-state index contributed by atoms with van der Waals surface area (Å²) < 4.78 is 16.2. The van der Waals surface area contributed by atoms with Crippen LogP contribution in [-0.2, 0) is 0 Å². The van der Waals surface area contributed by atoms with E-state index in [0.717, 1.165) is 0 Å². The highest BCUT2D eigenvalue weighted by atomic mass is 16.6. The van der Waals surface area contributed by atoms with E-state index in [1.54, 1.807) is 24.3 Å². The van der Waals surface area contributed by atoms with Crippen molar-refractivity contribution in [3.05, 3.63) is 62.3 Å². The van der Waals surface area contributed by atoms with E-state index in [9.17, 15) is 14.9 Å². The first-order valence-corrected chi connectivity index (χ1v) is 8.58. The lowest BCUT2D eigenvalue weighted by Gasteiger charge is -2.11. The van der Waals surface area contributed by atoms with Crippen LogP contribution in [0.15, 0.2) is 45.6 Å². The number of fused-ring (bicyclic) bond motifs is 1. The van der Waals surface area contributed by atoms with Crippen molar-refractivity contribution in [1.82, 2.24) is 0 Å². The van der Waals surface area contributed by atoms with Gasteiger partial charge in [-0.1, -0.05) is 24.0 Å². The fraction of sp³-hybridized carbons (Fsp3) is 0.190. The number of hydrogen-bond acceptors (Lipinski definition) is 7. The van der Waals surface area contributed by atoms with Crippen molar-refractivity contribution in [2.75, 3.05) is 20.8 Å². The molecule has 0 aliphatic rings. The average Bonchev–Trinajstić information content (AvgIpc) is 2.74. The number of benzene rings is 2. The fourth-order valence-corrected chi connectivity index (χ4v) is 2.88. The second-order valence-corrected chi connectivity index (χ2v) is 5.89. The summed E-state index contributed by atoms with van der Waals surface area (Å²) in [7, 11) is 2.65. The number of rotatable bonds is 5. The number of hydrogen-bond donors (Lipinski definition) is 1. The number of nitro benzene ring substituents is 1. The highest BCUT2D eigenvalue weighted by molar-refractivity contribution is 5.83. The molecule has 2 aromatic carbocycles. The molecule has 0 atom stereocenters. The molecule has 0 bridgehead atoms. The molecule has 0 radical (unpaired) electrons. The van der Waals surface area contributed by atoms with Gasteiger partial charge in [0.05, 0.1) is 31.1 Å². The third-order valence-corrected chi connectivity index (χ3v) is 4.17. The van der Waals surface area contributed by atoms with E-state index >= 15 is 0 Å². The van der Waals surface area contributed by atoms with Crippen LogP contribution >= 0.6 is 0 Å². The van der Waals surface area contributed by atoms with Gasteiger partial charge in [0.25, 0.3) is 0 Å². The van der Waals surface area contributed by atoms with E-state index < -0.39 is 4.92 Å². The monoisotopic (exact) mass is 395 g/mol. The summed E-state index contributed by atoms with van der Waals surface area (Å²) in [5.74, 6) is 5.58. The van der Waals surface area contributed by atoms with E-state index in [2.05, 4.69) is 11.8 Å². The molecule has 0 fully saturated rings. The van der Waals surface area contributed by atoms with Gasteiger partial charge in [-0.2, -0.15) is 0 Å². The number of methoxy groups -OCH3 is 2. The molecular weight excluding hydrogens is 378 g/mol. The minimum absolute atomic E-state index is 0.0404. The third kappa shape index (κ3) is 3.77. The number of aliphatic hydroxyl groups excluding tert-OH is 1. The van der Waals surface area contributed by atoms with Crippen LogP contribution in [0.3, 0.4) is 0 Å². The molecule has 0 aliphatic carbocycles. The van der Waals surface area contributed by atoms with E-state index in [1.807, 2.05) is 0 Å². The van der Waals surface area contributed by atoms with Gasteiger partial charge in [0.2, 0.25) is 11.2 Å². The molecule has 0 amide bonds. The van der Waals surface area contributed by atoms with Crippen LogP contribution in [0.5, 0.6) is 11.5 Å². The lowest BCUT2D eigenvalue weighted by Crippen LogP contribution is -2.08. The molecule has 1 heterocycles. The van der Waals surface area contributed by atoms with Crippen molar-refractivity contribution in [2.45, 2.75) is 6.42 Å². The first kappa shape index (κ1) is 19.9.